The molecule has 0 saturated carbocycles. The van der Waals surface area contributed by atoms with Crippen LogP contribution in [0.4, 0.5) is 5.69 Å². The number of amides is 3. The van der Waals surface area contributed by atoms with Crippen molar-refractivity contribution in [2.24, 2.45) is 5.73 Å². The highest BCUT2D eigenvalue weighted by molar-refractivity contribution is 6.30. The monoisotopic (exact) mass is 359 g/mol. The van der Waals surface area contributed by atoms with Crippen molar-refractivity contribution in [1.82, 2.24) is 5.32 Å². The Balaban J connectivity index is 2.18. The highest BCUT2D eigenvalue weighted by atomic mass is 35.5. The Morgan fingerprint density at radius 3 is 2.48 bits per heavy atom. The van der Waals surface area contributed by atoms with Gasteiger partial charge in [-0.1, -0.05) is 35.9 Å². The summed E-state index contributed by atoms with van der Waals surface area (Å²) in [6, 6.07) is 12.6. The second-order valence-corrected chi connectivity index (χ2v) is 5.93. The van der Waals surface area contributed by atoms with Crippen molar-refractivity contribution in [2.45, 2.75) is 19.4 Å². The molecule has 1 atom stereocenters. The van der Waals surface area contributed by atoms with Crippen molar-refractivity contribution in [1.29, 1.82) is 0 Å². The number of nitrogens with one attached hydrogen (secondary N) is 2. The summed E-state index contributed by atoms with van der Waals surface area (Å²) in [5.74, 6) is -1.47. The van der Waals surface area contributed by atoms with E-state index in [0.717, 1.165) is 5.56 Å². The van der Waals surface area contributed by atoms with Gasteiger partial charge in [-0.25, -0.2) is 0 Å². The van der Waals surface area contributed by atoms with Crippen molar-refractivity contribution in [3.05, 3.63) is 64.7 Å². The second-order valence-electron chi connectivity index (χ2n) is 5.49. The van der Waals surface area contributed by atoms with Crippen molar-refractivity contribution < 1.29 is 14.4 Å². The Bertz CT molecular complexity index is 808. The lowest BCUT2D eigenvalue weighted by Crippen LogP contribution is -2.46. The average molecular weight is 360 g/mol. The maximum absolute atomic E-state index is 12.5. The molecule has 0 unspecified atom stereocenters. The Morgan fingerprint density at radius 2 is 1.84 bits per heavy atom. The lowest BCUT2D eigenvalue weighted by Gasteiger charge is -2.17. The summed E-state index contributed by atoms with van der Waals surface area (Å²) in [5, 5.41) is 5.72. The third-order valence-electron chi connectivity index (χ3n) is 3.46. The summed E-state index contributed by atoms with van der Waals surface area (Å²) >= 11 is 5.93. The number of rotatable bonds is 6. The van der Waals surface area contributed by atoms with Gasteiger partial charge in [-0.15, -0.1) is 0 Å². The molecule has 0 fully saturated rings. The van der Waals surface area contributed by atoms with Crippen LogP contribution in [0.1, 0.15) is 22.8 Å². The number of benzene rings is 2. The van der Waals surface area contributed by atoms with Gasteiger partial charge in [0.05, 0.1) is 11.3 Å². The average Bonchev–Trinajstić information content (AvgIpc) is 2.54. The number of nitrogens with two attached hydrogens (primary N) is 1. The number of hydrogen-bond donors (Lipinski definition) is 3. The molecule has 0 radical (unpaired) electrons. The molecular weight excluding hydrogens is 342 g/mol. The molecule has 25 heavy (non-hydrogen) atoms. The van der Waals surface area contributed by atoms with Gasteiger partial charge in [0.2, 0.25) is 11.8 Å². The van der Waals surface area contributed by atoms with E-state index in [2.05, 4.69) is 10.6 Å². The van der Waals surface area contributed by atoms with Gasteiger partial charge in [-0.3, -0.25) is 14.4 Å². The number of halogens is 1. The number of primary amides is 1. The first kappa shape index (κ1) is 18.5. The second kappa shape index (κ2) is 8.30. The third-order valence-corrected chi connectivity index (χ3v) is 3.70. The Labute approximate surface area is 150 Å². The highest BCUT2D eigenvalue weighted by Crippen LogP contribution is 2.16. The summed E-state index contributed by atoms with van der Waals surface area (Å²) in [7, 11) is 0. The van der Waals surface area contributed by atoms with Crippen LogP contribution in [0.15, 0.2) is 48.5 Å². The van der Waals surface area contributed by atoms with E-state index in [-0.39, 0.29) is 17.9 Å². The molecule has 2 aromatic rings. The molecule has 0 saturated heterocycles. The van der Waals surface area contributed by atoms with E-state index in [1.807, 2.05) is 0 Å². The van der Waals surface area contributed by atoms with Crippen LogP contribution in [0.25, 0.3) is 0 Å². The number of anilines is 1. The van der Waals surface area contributed by atoms with Crippen LogP contribution in [0, 0.1) is 0 Å². The summed E-state index contributed by atoms with van der Waals surface area (Å²) < 4.78 is 0. The molecule has 0 aliphatic rings. The minimum absolute atomic E-state index is 0.212. The standard InChI is InChI=1S/C18H18ClN3O3/c1-11(23)21-15-8-3-2-7-14(15)18(25)22-16(17(20)24)10-12-5-4-6-13(19)9-12/h2-9,16H,10H2,1H3,(H2,20,24)(H,21,23)(H,22,25)/t16-/m0/s1. The Morgan fingerprint density at radius 1 is 1.12 bits per heavy atom. The van der Waals surface area contributed by atoms with Crippen molar-refractivity contribution in [2.75, 3.05) is 5.32 Å². The van der Waals surface area contributed by atoms with Crippen LogP contribution >= 0.6 is 11.6 Å². The smallest absolute Gasteiger partial charge is 0.254 e. The van der Waals surface area contributed by atoms with Gasteiger partial charge >= 0.3 is 0 Å². The lowest BCUT2D eigenvalue weighted by molar-refractivity contribution is -0.119. The first-order valence-corrected chi connectivity index (χ1v) is 7.96. The molecule has 0 aliphatic carbocycles. The zero-order valence-corrected chi connectivity index (χ0v) is 14.3. The fraction of sp³-hybridized carbons (Fsp3) is 0.167. The zero-order valence-electron chi connectivity index (χ0n) is 13.6. The molecule has 2 aromatic carbocycles. The van der Waals surface area contributed by atoms with Gasteiger partial charge in [0, 0.05) is 18.4 Å². The van der Waals surface area contributed by atoms with E-state index in [0.29, 0.717) is 10.7 Å². The number of hydrogen-bond acceptors (Lipinski definition) is 3. The molecular formula is C18H18ClN3O3. The molecule has 0 heterocycles. The summed E-state index contributed by atoms with van der Waals surface area (Å²) in [5.41, 5.74) is 6.79. The predicted molar refractivity (Wildman–Crippen MR) is 96.4 cm³/mol. The SMILES string of the molecule is CC(=O)Nc1ccccc1C(=O)N[C@@H](Cc1cccc(Cl)c1)C(N)=O. The quantitative estimate of drug-likeness (QED) is 0.736. The van der Waals surface area contributed by atoms with E-state index in [4.69, 9.17) is 17.3 Å². The van der Waals surface area contributed by atoms with E-state index in [1.54, 1.807) is 48.5 Å². The van der Waals surface area contributed by atoms with Crippen LogP contribution in [0.3, 0.4) is 0 Å². The third kappa shape index (κ3) is 5.32. The number of carbonyl (C=O) groups is 3. The predicted octanol–water partition coefficient (Wildman–Crippen LogP) is 2.12. The van der Waals surface area contributed by atoms with Gasteiger partial charge in [0.25, 0.3) is 5.91 Å². The molecule has 130 valence electrons. The molecule has 7 heteroatoms. The highest BCUT2D eigenvalue weighted by Gasteiger charge is 2.21. The lowest BCUT2D eigenvalue weighted by atomic mass is 10.0. The van der Waals surface area contributed by atoms with Gasteiger partial charge in [-0.05, 0) is 29.8 Å². The first-order valence-electron chi connectivity index (χ1n) is 7.58. The van der Waals surface area contributed by atoms with E-state index in [1.165, 1.54) is 6.92 Å². The molecule has 6 nitrogen and oxygen atoms in total. The summed E-state index contributed by atoms with van der Waals surface area (Å²) in [6.45, 7) is 1.35. The Kier molecular flexibility index (Phi) is 6.14. The van der Waals surface area contributed by atoms with Gasteiger partial charge < -0.3 is 16.4 Å². The zero-order chi connectivity index (χ0) is 18.4. The fourth-order valence-corrected chi connectivity index (χ4v) is 2.55. The van der Waals surface area contributed by atoms with E-state index in [9.17, 15) is 14.4 Å². The molecule has 4 N–H and O–H groups in total. The number of carbonyl (C=O) groups excluding carboxylic acids is 3. The summed E-state index contributed by atoms with van der Waals surface area (Å²) in [4.78, 5) is 35.5. The van der Waals surface area contributed by atoms with Crippen LogP contribution < -0.4 is 16.4 Å². The topological polar surface area (TPSA) is 101 Å². The molecule has 0 aromatic heterocycles. The first-order chi connectivity index (χ1) is 11.9. The van der Waals surface area contributed by atoms with Crippen molar-refractivity contribution in [3.63, 3.8) is 0 Å². The van der Waals surface area contributed by atoms with Crippen LogP contribution in [0.2, 0.25) is 5.02 Å². The van der Waals surface area contributed by atoms with Crippen molar-refractivity contribution >= 4 is 35.0 Å². The maximum Gasteiger partial charge on any atom is 0.254 e. The normalized spacial score (nSPS) is 11.4. The van der Waals surface area contributed by atoms with Crippen LogP contribution in [-0.4, -0.2) is 23.8 Å². The molecule has 0 spiro atoms. The van der Waals surface area contributed by atoms with Crippen LogP contribution in [-0.2, 0) is 16.0 Å². The number of para-hydroxylation sites is 1. The molecule has 0 aliphatic heterocycles. The Hall–Kier alpha value is -2.86. The van der Waals surface area contributed by atoms with Gasteiger partial charge in [0.1, 0.15) is 6.04 Å². The van der Waals surface area contributed by atoms with Crippen LogP contribution in [0.5, 0.6) is 0 Å². The maximum atomic E-state index is 12.5. The summed E-state index contributed by atoms with van der Waals surface area (Å²) in [6.07, 6.45) is 0.212. The minimum atomic E-state index is -0.906. The van der Waals surface area contributed by atoms with E-state index < -0.39 is 17.9 Å². The largest absolute Gasteiger partial charge is 0.368 e. The van der Waals surface area contributed by atoms with Gasteiger partial charge in [0.15, 0.2) is 0 Å². The van der Waals surface area contributed by atoms with Crippen molar-refractivity contribution in [3.8, 4) is 0 Å². The molecule has 2 rings (SSSR count). The van der Waals surface area contributed by atoms with E-state index >= 15 is 0 Å². The molecule has 0 bridgehead atoms. The van der Waals surface area contributed by atoms with Gasteiger partial charge in [-0.2, -0.15) is 0 Å². The molecule has 3 amide bonds. The minimum Gasteiger partial charge on any atom is -0.368 e. The fourth-order valence-electron chi connectivity index (χ4n) is 2.34.